The molecule has 96 valence electrons. The van der Waals surface area contributed by atoms with E-state index in [0.717, 1.165) is 5.56 Å². The summed E-state index contributed by atoms with van der Waals surface area (Å²) in [5.74, 6) is 0.700. The van der Waals surface area contributed by atoms with E-state index in [-0.39, 0.29) is 13.2 Å². The van der Waals surface area contributed by atoms with E-state index in [4.69, 9.17) is 9.84 Å². The van der Waals surface area contributed by atoms with Gasteiger partial charge in [-0.25, -0.2) is 0 Å². The molecule has 0 heterocycles. The second-order valence-corrected chi connectivity index (χ2v) is 4.33. The summed E-state index contributed by atoms with van der Waals surface area (Å²) in [5, 5.41) is 21.6. The van der Waals surface area contributed by atoms with Crippen LogP contribution in [0.15, 0.2) is 24.3 Å². The predicted octanol–water partition coefficient (Wildman–Crippen LogP) is 0.917. The Labute approximate surface area is 102 Å². The Hall–Kier alpha value is -1.10. The van der Waals surface area contributed by atoms with E-state index in [0.29, 0.717) is 18.3 Å². The molecule has 0 saturated heterocycles. The standard InChI is InChI=1S/C13H21NO3/c1-10(2)14-7-12(16)9-17-13-5-3-11(8-15)4-6-13/h3-6,10,12,14-16H,7-9H2,1-2H3/t12-/m0/s1. The van der Waals surface area contributed by atoms with Gasteiger partial charge in [-0.2, -0.15) is 0 Å². The monoisotopic (exact) mass is 239 g/mol. The van der Waals surface area contributed by atoms with Gasteiger partial charge in [-0.1, -0.05) is 26.0 Å². The second kappa shape index (κ2) is 7.27. The van der Waals surface area contributed by atoms with Crippen molar-refractivity contribution in [2.45, 2.75) is 32.6 Å². The molecule has 0 radical (unpaired) electrons. The predicted molar refractivity (Wildman–Crippen MR) is 67.0 cm³/mol. The van der Waals surface area contributed by atoms with Crippen molar-refractivity contribution in [2.24, 2.45) is 0 Å². The van der Waals surface area contributed by atoms with Gasteiger partial charge in [0.25, 0.3) is 0 Å². The highest BCUT2D eigenvalue weighted by atomic mass is 16.5. The molecule has 0 fully saturated rings. The number of hydrogen-bond acceptors (Lipinski definition) is 4. The van der Waals surface area contributed by atoms with E-state index in [1.54, 1.807) is 24.3 Å². The van der Waals surface area contributed by atoms with Crippen LogP contribution in [0.2, 0.25) is 0 Å². The van der Waals surface area contributed by atoms with E-state index in [1.165, 1.54) is 0 Å². The van der Waals surface area contributed by atoms with Gasteiger partial charge in [0.05, 0.1) is 6.61 Å². The fourth-order valence-corrected chi connectivity index (χ4v) is 1.31. The molecule has 0 bridgehead atoms. The maximum absolute atomic E-state index is 9.63. The number of ether oxygens (including phenoxy) is 1. The average Bonchev–Trinajstić information content (AvgIpc) is 2.34. The minimum atomic E-state index is -0.519. The third-order valence-electron chi connectivity index (χ3n) is 2.31. The Kier molecular flexibility index (Phi) is 5.97. The van der Waals surface area contributed by atoms with Gasteiger partial charge in [0.15, 0.2) is 0 Å². The highest BCUT2D eigenvalue weighted by Crippen LogP contribution is 2.12. The minimum Gasteiger partial charge on any atom is -0.491 e. The number of hydrogen-bond donors (Lipinski definition) is 3. The Morgan fingerprint density at radius 2 is 1.88 bits per heavy atom. The number of rotatable bonds is 7. The molecular formula is C13H21NO3. The van der Waals surface area contributed by atoms with Crippen molar-refractivity contribution in [3.63, 3.8) is 0 Å². The maximum Gasteiger partial charge on any atom is 0.119 e. The highest BCUT2D eigenvalue weighted by Gasteiger charge is 2.05. The van der Waals surface area contributed by atoms with Crippen LogP contribution in [0.3, 0.4) is 0 Å². The summed E-state index contributed by atoms with van der Waals surface area (Å²) >= 11 is 0. The van der Waals surface area contributed by atoms with Gasteiger partial charge in [-0.3, -0.25) is 0 Å². The molecule has 0 aromatic heterocycles. The van der Waals surface area contributed by atoms with Gasteiger partial charge in [0.2, 0.25) is 0 Å². The zero-order chi connectivity index (χ0) is 12.7. The number of aliphatic hydroxyl groups excluding tert-OH is 2. The minimum absolute atomic E-state index is 0.0290. The van der Waals surface area contributed by atoms with E-state index < -0.39 is 6.10 Å². The van der Waals surface area contributed by atoms with Crippen LogP contribution >= 0.6 is 0 Å². The van der Waals surface area contributed by atoms with Crippen molar-refractivity contribution in [3.05, 3.63) is 29.8 Å². The van der Waals surface area contributed by atoms with Crippen LogP contribution in [0.4, 0.5) is 0 Å². The topological polar surface area (TPSA) is 61.7 Å². The van der Waals surface area contributed by atoms with Crippen LogP contribution in [0.25, 0.3) is 0 Å². The van der Waals surface area contributed by atoms with Crippen LogP contribution in [-0.2, 0) is 6.61 Å². The van der Waals surface area contributed by atoms with E-state index in [1.807, 2.05) is 13.8 Å². The molecule has 0 saturated carbocycles. The van der Waals surface area contributed by atoms with Crippen molar-refractivity contribution in [1.82, 2.24) is 5.32 Å². The summed E-state index contributed by atoms with van der Waals surface area (Å²) in [5.41, 5.74) is 0.847. The smallest absolute Gasteiger partial charge is 0.119 e. The van der Waals surface area contributed by atoms with Crippen molar-refractivity contribution in [3.8, 4) is 5.75 Å². The molecule has 0 aliphatic rings. The summed E-state index contributed by atoms with van der Waals surface area (Å²) in [6, 6.07) is 7.53. The first kappa shape index (κ1) is 14.0. The lowest BCUT2D eigenvalue weighted by atomic mass is 10.2. The molecule has 1 rings (SSSR count). The van der Waals surface area contributed by atoms with Gasteiger partial charge in [0, 0.05) is 12.6 Å². The molecule has 0 spiro atoms. The molecule has 1 aromatic carbocycles. The van der Waals surface area contributed by atoms with Gasteiger partial charge >= 0.3 is 0 Å². The number of aliphatic hydroxyl groups is 2. The molecular weight excluding hydrogens is 218 g/mol. The van der Waals surface area contributed by atoms with Gasteiger partial charge in [-0.05, 0) is 17.7 Å². The maximum atomic E-state index is 9.63. The molecule has 0 aliphatic heterocycles. The Morgan fingerprint density at radius 3 is 2.41 bits per heavy atom. The summed E-state index contributed by atoms with van der Waals surface area (Å²) in [6.45, 7) is 4.87. The van der Waals surface area contributed by atoms with Crippen LogP contribution in [0.5, 0.6) is 5.75 Å². The summed E-state index contributed by atoms with van der Waals surface area (Å²) in [6.07, 6.45) is -0.519. The van der Waals surface area contributed by atoms with Gasteiger partial charge < -0.3 is 20.3 Å². The van der Waals surface area contributed by atoms with Gasteiger partial charge in [-0.15, -0.1) is 0 Å². The van der Waals surface area contributed by atoms with Crippen molar-refractivity contribution >= 4 is 0 Å². The van der Waals surface area contributed by atoms with Crippen molar-refractivity contribution in [1.29, 1.82) is 0 Å². The van der Waals surface area contributed by atoms with Crippen LogP contribution in [-0.4, -0.2) is 35.5 Å². The third-order valence-corrected chi connectivity index (χ3v) is 2.31. The first-order valence-electron chi connectivity index (χ1n) is 5.86. The van der Waals surface area contributed by atoms with Crippen molar-refractivity contribution in [2.75, 3.05) is 13.2 Å². The average molecular weight is 239 g/mol. The van der Waals surface area contributed by atoms with Crippen LogP contribution in [0, 0.1) is 0 Å². The number of benzene rings is 1. The molecule has 1 atom stereocenters. The molecule has 0 unspecified atom stereocenters. The Balaban J connectivity index is 2.29. The van der Waals surface area contributed by atoms with E-state index in [9.17, 15) is 5.11 Å². The Morgan fingerprint density at radius 1 is 1.24 bits per heavy atom. The lowest BCUT2D eigenvalue weighted by Crippen LogP contribution is -2.35. The lowest BCUT2D eigenvalue weighted by Gasteiger charge is -2.15. The molecule has 4 heteroatoms. The summed E-state index contributed by atoms with van der Waals surface area (Å²) < 4.78 is 5.43. The van der Waals surface area contributed by atoms with Crippen LogP contribution in [0.1, 0.15) is 19.4 Å². The normalized spacial score (nSPS) is 12.8. The zero-order valence-electron chi connectivity index (χ0n) is 10.4. The number of nitrogens with one attached hydrogen (secondary N) is 1. The van der Waals surface area contributed by atoms with E-state index in [2.05, 4.69) is 5.32 Å². The first-order valence-corrected chi connectivity index (χ1v) is 5.86. The summed E-state index contributed by atoms with van der Waals surface area (Å²) in [7, 11) is 0. The highest BCUT2D eigenvalue weighted by molar-refractivity contribution is 5.26. The molecule has 4 nitrogen and oxygen atoms in total. The quantitative estimate of drug-likeness (QED) is 0.662. The SMILES string of the molecule is CC(C)NC[C@H](O)COc1ccc(CO)cc1. The lowest BCUT2D eigenvalue weighted by molar-refractivity contribution is 0.104. The third kappa shape index (κ3) is 5.68. The largest absolute Gasteiger partial charge is 0.491 e. The molecule has 0 aliphatic carbocycles. The molecule has 1 aromatic rings. The molecule has 17 heavy (non-hydrogen) atoms. The first-order chi connectivity index (χ1) is 8.11. The summed E-state index contributed by atoms with van der Waals surface area (Å²) in [4.78, 5) is 0. The van der Waals surface area contributed by atoms with Crippen molar-refractivity contribution < 1.29 is 14.9 Å². The fourth-order valence-electron chi connectivity index (χ4n) is 1.31. The Bertz CT molecular complexity index is 311. The molecule has 0 amide bonds. The van der Waals surface area contributed by atoms with E-state index >= 15 is 0 Å². The fraction of sp³-hybridized carbons (Fsp3) is 0.538. The van der Waals surface area contributed by atoms with Gasteiger partial charge in [0.1, 0.15) is 18.5 Å². The second-order valence-electron chi connectivity index (χ2n) is 4.33. The molecule has 3 N–H and O–H groups in total. The zero-order valence-corrected chi connectivity index (χ0v) is 10.4. The van der Waals surface area contributed by atoms with Crippen LogP contribution < -0.4 is 10.1 Å².